The third kappa shape index (κ3) is 2.87. The number of aliphatic imine (C=N–C) groups is 1. The first-order valence-corrected chi connectivity index (χ1v) is 8.63. The van der Waals surface area contributed by atoms with Crippen molar-refractivity contribution in [3.05, 3.63) is 47.0 Å². The van der Waals surface area contributed by atoms with Gasteiger partial charge in [0.05, 0.1) is 5.56 Å². The molecule has 5 heteroatoms. The Morgan fingerprint density at radius 2 is 1.92 bits per heavy atom. The van der Waals surface area contributed by atoms with E-state index in [9.17, 15) is 0 Å². The predicted molar refractivity (Wildman–Crippen MR) is 99.5 cm³/mol. The average Bonchev–Trinajstić information content (AvgIpc) is 2.72. The molecular weight excluding hydrogens is 322 g/mol. The number of anilines is 1. The molecule has 124 valence electrons. The molecule has 0 saturated carbocycles. The van der Waals surface area contributed by atoms with E-state index >= 15 is 0 Å². The Bertz CT molecular complexity index is 795. The lowest BCUT2D eigenvalue weighted by Gasteiger charge is -2.38. The second-order valence-electron chi connectivity index (χ2n) is 6.54. The molecule has 0 spiro atoms. The van der Waals surface area contributed by atoms with Gasteiger partial charge < -0.3 is 15.0 Å². The lowest BCUT2D eigenvalue weighted by atomic mass is 10.1. The molecular formula is C19H20ClN3O. The van der Waals surface area contributed by atoms with Crippen LogP contribution in [0.5, 0.6) is 11.5 Å². The van der Waals surface area contributed by atoms with Gasteiger partial charge in [-0.3, -0.25) is 4.99 Å². The van der Waals surface area contributed by atoms with Gasteiger partial charge >= 0.3 is 0 Å². The van der Waals surface area contributed by atoms with E-state index in [1.54, 1.807) is 0 Å². The van der Waals surface area contributed by atoms with Crippen LogP contribution in [0.15, 0.2) is 41.4 Å². The highest BCUT2D eigenvalue weighted by atomic mass is 35.5. The van der Waals surface area contributed by atoms with Gasteiger partial charge in [-0.2, -0.15) is 0 Å². The summed E-state index contributed by atoms with van der Waals surface area (Å²) in [5, 5.41) is 4.23. The van der Waals surface area contributed by atoms with Gasteiger partial charge in [0, 0.05) is 42.1 Å². The largest absolute Gasteiger partial charge is 0.454 e. The quantitative estimate of drug-likeness (QED) is 0.713. The first-order valence-electron chi connectivity index (χ1n) is 8.25. The Hall–Kier alpha value is -2.04. The first-order chi connectivity index (χ1) is 11.6. The van der Waals surface area contributed by atoms with Gasteiger partial charge in [0.15, 0.2) is 5.75 Å². The number of nitrogens with zero attached hydrogens (tertiary/aromatic N) is 2. The van der Waals surface area contributed by atoms with Gasteiger partial charge in [0.2, 0.25) is 0 Å². The number of ether oxygens (including phenoxy) is 1. The fourth-order valence-electron chi connectivity index (χ4n) is 3.48. The monoisotopic (exact) mass is 341 g/mol. The molecule has 2 aromatic carbocycles. The van der Waals surface area contributed by atoms with E-state index in [-0.39, 0.29) is 0 Å². The third-order valence-electron chi connectivity index (χ3n) is 4.41. The summed E-state index contributed by atoms with van der Waals surface area (Å²) < 4.78 is 6.12. The van der Waals surface area contributed by atoms with Crippen LogP contribution in [0.1, 0.15) is 19.4 Å². The normalized spacial score (nSPS) is 22.4. The number of nitrogens with one attached hydrogen (secondary N) is 1. The van der Waals surface area contributed by atoms with Gasteiger partial charge in [-0.25, -0.2) is 0 Å². The van der Waals surface area contributed by atoms with E-state index in [4.69, 9.17) is 16.3 Å². The maximum absolute atomic E-state index is 6.12. The van der Waals surface area contributed by atoms with Crippen molar-refractivity contribution in [2.75, 3.05) is 18.0 Å². The summed E-state index contributed by atoms with van der Waals surface area (Å²) in [6, 6.07) is 12.6. The van der Waals surface area contributed by atoms with Gasteiger partial charge in [0.25, 0.3) is 0 Å². The lowest BCUT2D eigenvalue weighted by Crippen LogP contribution is -2.54. The Kier molecular flexibility index (Phi) is 3.94. The molecule has 0 aromatic heterocycles. The average molecular weight is 342 g/mol. The smallest absolute Gasteiger partial charge is 0.153 e. The predicted octanol–water partition coefficient (Wildman–Crippen LogP) is 4.38. The van der Waals surface area contributed by atoms with Crippen LogP contribution < -0.4 is 15.0 Å². The highest BCUT2D eigenvalue weighted by molar-refractivity contribution is 6.30. The van der Waals surface area contributed by atoms with E-state index in [0.29, 0.717) is 17.1 Å². The van der Waals surface area contributed by atoms with Gasteiger partial charge in [-0.05, 0) is 44.2 Å². The van der Waals surface area contributed by atoms with Crippen molar-refractivity contribution in [3.63, 3.8) is 0 Å². The number of hydrogen-bond acceptors (Lipinski definition) is 4. The molecule has 4 rings (SSSR count). The number of halogens is 1. The van der Waals surface area contributed by atoms with Crippen LogP contribution in [0.3, 0.4) is 0 Å². The highest BCUT2D eigenvalue weighted by Gasteiger charge is 2.24. The summed E-state index contributed by atoms with van der Waals surface area (Å²) in [4.78, 5) is 7.01. The molecule has 1 saturated heterocycles. The minimum absolute atomic E-state index is 0.448. The Morgan fingerprint density at radius 1 is 1.12 bits per heavy atom. The second-order valence-corrected chi connectivity index (χ2v) is 6.97. The number of hydrogen-bond donors (Lipinski definition) is 1. The summed E-state index contributed by atoms with van der Waals surface area (Å²) in [5.41, 5.74) is 2.94. The minimum Gasteiger partial charge on any atom is -0.454 e. The molecule has 24 heavy (non-hydrogen) atoms. The zero-order valence-corrected chi connectivity index (χ0v) is 14.5. The van der Waals surface area contributed by atoms with Crippen LogP contribution in [-0.2, 0) is 0 Å². The van der Waals surface area contributed by atoms with Crippen LogP contribution in [0.4, 0.5) is 11.4 Å². The van der Waals surface area contributed by atoms with Crippen molar-refractivity contribution < 1.29 is 4.74 Å². The van der Waals surface area contributed by atoms with Crippen molar-refractivity contribution >= 4 is 29.2 Å². The van der Waals surface area contributed by atoms with E-state index in [1.807, 2.05) is 36.5 Å². The fourth-order valence-corrected chi connectivity index (χ4v) is 3.65. The molecule has 2 aromatic rings. The van der Waals surface area contributed by atoms with E-state index < -0.39 is 0 Å². The SMILES string of the molecule is CC1CN(c2cccc3c2C=Nc2cc(Cl)ccc2O3)CC(C)N1. The number of benzene rings is 2. The zero-order chi connectivity index (χ0) is 16.7. The molecule has 2 aliphatic rings. The molecule has 4 nitrogen and oxygen atoms in total. The van der Waals surface area contributed by atoms with Crippen LogP contribution >= 0.6 is 11.6 Å². The highest BCUT2D eigenvalue weighted by Crippen LogP contribution is 2.40. The summed E-state index contributed by atoms with van der Waals surface area (Å²) in [7, 11) is 0. The first kappa shape index (κ1) is 15.5. The number of rotatable bonds is 1. The van der Waals surface area contributed by atoms with Gasteiger partial charge in [-0.15, -0.1) is 0 Å². The second kappa shape index (κ2) is 6.11. The maximum Gasteiger partial charge on any atom is 0.153 e. The Balaban J connectivity index is 1.75. The molecule has 0 aliphatic carbocycles. The molecule has 2 unspecified atom stereocenters. The topological polar surface area (TPSA) is 36.9 Å². The van der Waals surface area contributed by atoms with Gasteiger partial charge in [0.1, 0.15) is 11.4 Å². The maximum atomic E-state index is 6.12. The molecule has 0 amide bonds. The summed E-state index contributed by atoms with van der Waals surface area (Å²) >= 11 is 6.08. The lowest BCUT2D eigenvalue weighted by molar-refractivity contribution is 0.406. The molecule has 0 radical (unpaired) electrons. The van der Waals surface area contributed by atoms with E-state index in [2.05, 4.69) is 35.1 Å². The van der Waals surface area contributed by atoms with Crippen molar-refractivity contribution in [2.45, 2.75) is 25.9 Å². The van der Waals surface area contributed by atoms with Crippen LogP contribution in [-0.4, -0.2) is 31.4 Å². The fraction of sp³-hybridized carbons (Fsp3) is 0.316. The van der Waals surface area contributed by atoms with E-state index in [1.165, 1.54) is 0 Å². The van der Waals surface area contributed by atoms with Gasteiger partial charge in [-0.1, -0.05) is 17.7 Å². The minimum atomic E-state index is 0.448. The Morgan fingerprint density at radius 3 is 2.71 bits per heavy atom. The van der Waals surface area contributed by atoms with Crippen LogP contribution in [0, 0.1) is 0 Å². The Labute approximate surface area is 147 Å². The van der Waals surface area contributed by atoms with Crippen LogP contribution in [0.25, 0.3) is 0 Å². The molecule has 2 aliphatic heterocycles. The summed E-state index contributed by atoms with van der Waals surface area (Å²) in [6.07, 6.45) is 1.89. The van der Waals surface area contributed by atoms with Crippen molar-refractivity contribution in [1.29, 1.82) is 0 Å². The van der Waals surface area contributed by atoms with Crippen molar-refractivity contribution in [3.8, 4) is 11.5 Å². The zero-order valence-electron chi connectivity index (χ0n) is 13.8. The summed E-state index contributed by atoms with van der Waals surface area (Å²) in [6.45, 7) is 6.36. The molecule has 2 heterocycles. The molecule has 1 N–H and O–H groups in total. The number of fused-ring (bicyclic) bond motifs is 2. The molecule has 0 bridgehead atoms. The summed E-state index contributed by atoms with van der Waals surface area (Å²) in [5.74, 6) is 1.56. The van der Waals surface area contributed by atoms with Crippen molar-refractivity contribution in [1.82, 2.24) is 5.32 Å². The third-order valence-corrected chi connectivity index (χ3v) is 4.65. The van der Waals surface area contributed by atoms with Crippen molar-refractivity contribution in [2.24, 2.45) is 4.99 Å². The number of piperazine rings is 1. The standard InChI is InChI=1S/C19H20ClN3O/c1-12-10-23(11-13(2)22-12)17-4-3-5-18-15(17)9-21-16-8-14(20)6-7-19(16)24-18/h3-9,12-13,22H,10-11H2,1-2H3. The molecule has 2 atom stereocenters. The van der Waals surface area contributed by atoms with Crippen LogP contribution in [0.2, 0.25) is 5.02 Å². The van der Waals surface area contributed by atoms with E-state index in [0.717, 1.165) is 41.5 Å². The molecule has 1 fully saturated rings.